The maximum atomic E-state index is 13.9. The molecule has 1 aliphatic rings. The molecule has 0 radical (unpaired) electrons. The van der Waals surface area contributed by atoms with Crippen LogP contribution in [0.5, 0.6) is 0 Å². The van der Waals surface area contributed by atoms with Crippen LogP contribution in [-0.2, 0) is 28.8 Å². The number of primary amides is 2. The molecule has 1 rings (SSSR count). The van der Waals surface area contributed by atoms with Gasteiger partial charge in [0, 0.05) is 26.1 Å². The molecular weight excluding hydrogens is 534 g/mol. The summed E-state index contributed by atoms with van der Waals surface area (Å²) in [5.41, 5.74) is 16.4. The quantitative estimate of drug-likeness (QED) is 0.115. The van der Waals surface area contributed by atoms with Gasteiger partial charge in [0.2, 0.25) is 29.5 Å². The van der Waals surface area contributed by atoms with Crippen molar-refractivity contribution in [1.29, 1.82) is 0 Å². The van der Waals surface area contributed by atoms with Crippen molar-refractivity contribution in [3.05, 3.63) is 0 Å². The van der Waals surface area contributed by atoms with Crippen molar-refractivity contribution in [2.45, 2.75) is 103 Å². The fourth-order valence-corrected chi connectivity index (χ4v) is 5.22. The SMILES string of the molecule is CC[C@H](C)[C@@H](C(=O)N1CCC[C@H]1CC(N)=O)N(C)C(=O)[C@H](CC(C)C)NC(=O)[C@H](CCN)N[C@@H](CC(=O)O)C(N)=O. The highest BCUT2D eigenvalue weighted by Gasteiger charge is 2.41. The minimum absolute atomic E-state index is 0.0137. The van der Waals surface area contributed by atoms with Gasteiger partial charge < -0.3 is 37.4 Å². The first-order valence-corrected chi connectivity index (χ1v) is 14.3. The topological polar surface area (TPSA) is 231 Å². The van der Waals surface area contributed by atoms with E-state index >= 15 is 0 Å². The molecule has 1 aliphatic heterocycles. The third-order valence-corrected chi connectivity index (χ3v) is 7.52. The number of nitrogens with two attached hydrogens (primary N) is 3. The Hall–Kier alpha value is -3.26. The minimum atomic E-state index is -1.32. The molecule has 0 aromatic rings. The Morgan fingerprint density at radius 1 is 1.05 bits per heavy atom. The Morgan fingerprint density at radius 3 is 2.17 bits per heavy atom. The summed E-state index contributed by atoms with van der Waals surface area (Å²) in [6.07, 6.45) is 1.70. The number of carbonyl (C=O) groups is 6. The van der Waals surface area contributed by atoms with Crippen LogP contribution in [-0.4, -0.2) is 101 Å². The van der Waals surface area contributed by atoms with Crippen molar-refractivity contribution >= 4 is 35.5 Å². The van der Waals surface area contributed by atoms with Crippen molar-refractivity contribution in [2.75, 3.05) is 20.1 Å². The van der Waals surface area contributed by atoms with Gasteiger partial charge in [0.05, 0.1) is 18.5 Å². The Balaban J connectivity index is 3.25. The van der Waals surface area contributed by atoms with Crippen LogP contribution in [0.1, 0.15) is 72.6 Å². The molecule has 9 N–H and O–H groups in total. The highest BCUT2D eigenvalue weighted by molar-refractivity contribution is 5.94. The number of carboxylic acid groups (broad SMARTS) is 1. The molecule has 41 heavy (non-hydrogen) atoms. The first-order valence-electron chi connectivity index (χ1n) is 14.3. The van der Waals surface area contributed by atoms with Crippen molar-refractivity contribution in [2.24, 2.45) is 29.0 Å². The normalized spacial score (nSPS) is 18.7. The fourth-order valence-electron chi connectivity index (χ4n) is 5.22. The maximum absolute atomic E-state index is 13.9. The molecule has 0 spiro atoms. The molecule has 234 valence electrons. The smallest absolute Gasteiger partial charge is 0.305 e. The van der Waals surface area contributed by atoms with Gasteiger partial charge in [0.25, 0.3) is 0 Å². The van der Waals surface area contributed by atoms with Crippen LogP contribution >= 0.6 is 0 Å². The van der Waals surface area contributed by atoms with E-state index in [0.717, 1.165) is 6.42 Å². The van der Waals surface area contributed by atoms with Crippen molar-refractivity contribution in [3.63, 3.8) is 0 Å². The van der Waals surface area contributed by atoms with Gasteiger partial charge in [-0.1, -0.05) is 34.1 Å². The summed E-state index contributed by atoms with van der Waals surface area (Å²) in [4.78, 5) is 78.6. The number of amides is 5. The summed E-state index contributed by atoms with van der Waals surface area (Å²) in [7, 11) is 1.53. The van der Waals surface area contributed by atoms with E-state index < -0.39 is 60.2 Å². The Labute approximate surface area is 242 Å². The number of carbonyl (C=O) groups excluding carboxylic acids is 5. The van der Waals surface area contributed by atoms with Crippen molar-refractivity contribution < 1.29 is 33.9 Å². The number of rotatable bonds is 18. The standard InChI is InChI=1S/C27H49N7O7/c1-6-16(4)23(27(41)34-11-7-8-17(34)13-21(29)35)33(5)26(40)20(12-15(2)3)32-25(39)18(9-10-28)31-19(24(30)38)14-22(36)37/h15-20,23,31H,6-14,28H2,1-5H3,(H2,29,35)(H2,30,38)(H,32,39)(H,36,37)/t16-,17-,18-,19-,20-,23-/m0/s1. The molecule has 0 aliphatic carbocycles. The lowest BCUT2D eigenvalue weighted by Crippen LogP contribution is -2.60. The summed E-state index contributed by atoms with van der Waals surface area (Å²) in [6, 6.07) is -4.58. The molecule has 14 nitrogen and oxygen atoms in total. The van der Waals surface area contributed by atoms with Gasteiger partial charge in [-0.25, -0.2) is 0 Å². The first kappa shape index (κ1) is 35.8. The van der Waals surface area contributed by atoms with Crippen molar-refractivity contribution in [3.8, 4) is 0 Å². The monoisotopic (exact) mass is 583 g/mol. The second-order valence-electron chi connectivity index (χ2n) is 11.3. The van der Waals surface area contributed by atoms with Gasteiger partial charge >= 0.3 is 5.97 Å². The highest BCUT2D eigenvalue weighted by Crippen LogP contribution is 2.26. The minimum Gasteiger partial charge on any atom is -0.481 e. The number of hydrogen-bond acceptors (Lipinski definition) is 8. The number of hydrogen-bond donors (Lipinski definition) is 6. The summed E-state index contributed by atoms with van der Waals surface area (Å²) in [6.45, 7) is 8.05. The lowest BCUT2D eigenvalue weighted by atomic mass is 9.94. The van der Waals surface area contributed by atoms with E-state index in [1.807, 2.05) is 27.7 Å². The maximum Gasteiger partial charge on any atom is 0.305 e. The average Bonchev–Trinajstić information content (AvgIpc) is 3.33. The zero-order valence-corrected chi connectivity index (χ0v) is 24.9. The lowest BCUT2D eigenvalue weighted by molar-refractivity contribution is -0.149. The van der Waals surface area contributed by atoms with E-state index in [1.54, 1.807) is 4.90 Å². The Morgan fingerprint density at radius 2 is 1.68 bits per heavy atom. The summed E-state index contributed by atoms with van der Waals surface area (Å²) >= 11 is 0. The molecule has 1 saturated heterocycles. The number of aliphatic carboxylic acids is 1. The van der Waals surface area contributed by atoms with Crippen LogP contribution in [0, 0.1) is 11.8 Å². The van der Waals surface area contributed by atoms with Gasteiger partial charge in [0.15, 0.2) is 0 Å². The molecule has 0 unspecified atom stereocenters. The van der Waals surface area contributed by atoms with E-state index in [-0.39, 0.29) is 49.6 Å². The number of nitrogens with one attached hydrogen (secondary N) is 2. The van der Waals surface area contributed by atoms with Crippen LogP contribution in [0.4, 0.5) is 0 Å². The van der Waals surface area contributed by atoms with Crippen molar-refractivity contribution in [1.82, 2.24) is 20.4 Å². The van der Waals surface area contributed by atoms with Gasteiger partial charge in [-0.15, -0.1) is 0 Å². The van der Waals surface area contributed by atoms with Gasteiger partial charge in [-0.3, -0.25) is 34.1 Å². The lowest BCUT2D eigenvalue weighted by Gasteiger charge is -2.38. The third-order valence-electron chi connectivity index (χ3n) is 7.52. The van der Waals surface area contributed by atoms with Gasteiger partial charge in [-0.2, -0.15) is 0 Å². The molecule has 0 aromatic carbocycles. The second-order valence-corrected chi connectivity index (χ2v) is 11.3. The van der Waals surface area contributed by atoms with Crippen LogP contribution in [0.15, 0.2) is 0 Å². The van der Waals surface area contributed by atoms with Crippen LogP contribution in [0.3, 0.4) is 0 Å². The van der Waals surface area contributed by atoms with Crippen LogP contribution < -0.4 is 27.8 Å². The zero-order chi connectivity index (χ0) is 31.4. The summed E-state index contributed by atoms with van der Waals surface area (Å²) in [5, 5.41) is 14.5. The Bertz CT molecular complexity index is 945. The van der Waals surface area contributed by atoms with Gasteiger partial charge in [0.1, 0.15) is 12.1 Å². The number of carboxylic acids is 1. The highest BCUT2D eigenvalue weighted by atomic mass is 16.4. The molecular formula is C27H49N7O7. The predicted octanol–water partition coefficient (Wildman–Crippen LogP) is -1.11. The predicted molar refractivity (Wildman–Crippen MR) is 152 cm³/mol. The molecule has 6 atom stereocenters. The second kappa shape index (κ2) is 16.9. The van der Waals surface area contributed by atoms with E-state index in [0.29, 0.717) is 19.4 Å². The van der Waals surface area contributed by atoms with Crippen LogP contribution in [0.2, 0.25) is 0 Å². The zero-order valence-electron chi connectivity index (χ0n) is 24.9. The molecule has 0 aromatic heterocycles. The third kappa shape index (κ3) is 10.9. The molecule has 1 heterocycles. The number of likely N-dealkylation sites (N-methyl/N-ethyl adjacent to an activating group) is 1. The molecule has 0 saturated carbocycles. The molecule has 5 amide bonds. The number of likely N-dealkylation sites (tertiary alicyclic amines) is 1. The summed E-state index contributed by atoms with van der Waals surface area (Å²) in [5.74, 6) is -4.34. The summed E-state index contributed by atoms with van der Waals surface area (Å²) < 4.78 is 0. The van der Waals surface area contributed by atoms with E-state index in [9.17, 15) is 28.8 Å². The Kier molecular flexibility index (Phi) is 14.7. The van der Waals surface area contributed by atoms with E-state index in [1.165, 1.54) is 11.9 Å². The molecule has 1 fully saturated rings. The van der Waals surface area contributed by atoms with E-state index in [4.69, 9.17) is 22.3 Å². The fraction of sp³-hybridized carbons (Fsp3) is 0.778. The van der Waals surface area contributed by atoms with Gasteiger partial charge in [-0.05, 0) is 44.1 Å². The number of nitrogens with zero attached hydrogens (tertiary/aromatic N) is 2. The van der Waals surface area contributed by atoms with E-state index in [2.05, 4.69) is 10.6 Å². The first-order chi connectivity index (χ1) is 19.1. The molecule has 0 bridgehead atoms. The largest absolute Gasteiger partial charge is 0.481 e. The molecule has 14 heteroatoms. The average molecular weight is 584 g/mol. The van der Waals surface area contributed by atoms with Crippen LogP contribution in [0.25, 0.3) is 0 Å².